The molecule has 4 amide bonds. The van der Waals surface area contributed by atoms with Crippen LogP contribution >= 0.6 is 0 Å². The van der Waals surface area contributed by atoms with E-state index in [4.69, 9.17) is 4.74 Å². The lowest BCUT2D eigenvalue weighted by molar-refractivity contribution is -0.140. The van der Waals surface area contributed by atoms with E-state index in [0.29, 0.717) is 30.1 Å². The van der Waals surface area contributed by atoms with Crippen molar-refractivity contribution in [1.82, 2.24) is 10.2 Å². The van der Waals surface area contributed by atoms with Gasteiger partial charge in [0.15, 0.2) is 0 Å². The Morgan fingerprint density at radius 3 is 2.08 bits per heavy atom. The molecule has 0 aromatic heterocycles. The standard InChI is InChI=1S/C32H44N4O4/c1-9-17-36-22(8)27(30(37)40-18-19(2)3)28(35-32(36)39)23-13-15-24(16-14-23)33-31(38)34-29-25(20(4)5)11-10-12-26(29)21(6)7/h10-16,19-21,28H,9,17-18H2,1-8H3,(H,35,39)(H2,33,34,38). The lowest BCUT2D eigenvalue weighted by atomic mass is 9.93. The number of hydrogen-bond donors (Lipinski definition) is 3. The van der Waals surface area contributed by atoms with Gasteiger partial charge in [0.1, 0.15) is 0 Å². The Labute approximate surface area is 238 Å². The second kappa shape index (κ2) is 13.5. The molecular formula is C32H44N4O4. The number of rotatable bonds is 10. The van der Waals surface area contributed by atoms with Crippen LogP contribution in [0.4, 0.5) is 21.0 Å². The Balaban J connectivity index is 1.84. The first-order valence-corrected chi connectivity index (χ1v) is 14.2. The van der Waals surface area contributed by atoms with Crippen LogP contribution in [0.3, 0.4) is 0 Å². The third-order valence-electron chi connectivity index (χ3n) is 6.92. The highest BCUT2D eigenvalue weighted by Gasteiger charge is 2.36. The number of hydrogen-bond acceptors (Lipinski definition) is 4. The van der Waals surface area contributed by atoms with E-state index in [1.165, 1.54) is 0 Å². The fourth-order valence-corrected chi connectivity index (χ4v) is 4.84. The summed E-state index contributed by atoms with van der Waals surface area (Å²) in [5, 5.41) is 8.94. The summed E-state index contributed by atoms with van der Waals surface area (Å²) in [5.41, 5.74) is 5.33. The Bertz CT molecular complexity index is 1220. The molecule has 3 rings (SSSR count). The lowest BCUT2D eigenvalue weighted by Crippen LogP contribution is -2.48. The van der Waals surface area contributed by atoms with Gasteiger partial charge in [-0.2, -0.15) is 0 Å². The molecule has 0 fully saturated rings. The van der Waals surface area contributed by atoms with E-state index in [2.05, 4.69) is 43.6 Å². The van der Waals surface area contributed by atoms with E-state index in [1.807, 2.05) is 39.0 Å². The van der Waals surface area contributed by atoms with Crippen LogP contribution in [0.5, 0.6) is 0 Å². The average molecular weight is 549 g/mol. The van der Waals surface area contributed by atoms with E-state index in [0.717, 1.165) is 28.8 Å². The molecule has 2 aromatic carbocycles. The van der Waals surface area contributed by atoms with Crippen LogP contribution in [-0.2, 0) is 9.53 Å². The van der Waals surface area contributed by atoms with E-state index in [-0.39, 0.29) is 29.8 Å². The van der Waals surface area contributed by atoms with Crippen molar-refractivity contribution in [3.63, 3.8) is 0 Å². The number of carbonyl (C=O) groups is 3. The second-order valence-corrected chi connectivity index (χ2v) is 11.3. The summed E-state index contributed by atoms with van der Waals surface area (Å²) >= 11 is 0. The zero-order valence-corrected chi connectivity index (χ0v) is 25.1. The largest absolute Gasteiger partial charge is 0.462 e. The number of nitrogens with one attached hydrogen (secondary N) is 3. The van der Waals surface area contributed by atoms with Crippen molar-refractivity contribution < 1.29 is 19.1 Å². The topological polar surface area (TPSA) is 99.8 Å². The minimum Gasteiger partial charge on any atom is -0.462 e. The van der Waals surface area contributed by atoms with Gasteiger partial charge in [-0.15, -0.1) is 0 Å². The first-order chi connectivity index (χ1) is 18.9. The van der Waals surface area contributed by atoms with E-state index < -0.39 is 12.0 Å². The molecule has 1 atom stereocenters. The Morgan fingerprint density at radius 1 is 0.950 bits per heavy atom. The summed E-state index contributed by atoms with van der Waals surface area (Å²) in [6, 6.07) is 12.0. The maximum Gasteiger partial charge on any atom is 0.338 e. The first-order valence-electron chi connectivity index (χ1n) is 14.2. The van der Waals surface area contributed by atoms with Gasteiger partial charge in [0.25, 0.3) is 0 Å². The van der Waals surface area contributed by atoms with Crippen LogP contribution in [-0.4, -0.2) is 36.1 Å². The van der Waals surface area contributed by atoms with Crippen LogP contribution in [0.15, 0.2) is 53.7 Å². The Kier molecular flexibility index (Phi) is 10.4. The molecule has 0 radical (unpaired) electrons. The number of ether oxygens (including phenoxy) is 1. The van der Waals surface area contributed by atoms with Gasteiger partial charge in [0.2, 0.25) is 0 Å². The molecule has 1 unspecified atom stereocenters. The van der Waals surface area contributed by atoms with E-state index in [1.54, 1.807) is 36.1 Å². The number of urea groups is 2. The maximum absolute atomic E-state index is 13.2. The fraction of sp³-hybridized carbons (Fsp3) is 0.469. The van der Waals surface area contributed by atoms with Crippen molar-refractivity contribution in [2.75, 3.05) is 23.8 Å². The van der Waals surface area contributed by atoms with Gasteiger partial charge in [-0.3, -0.25) is 4.90 Å². The predicted molar refractivity (Wildman–Crippen MR) is 160 cm³/mol. The number of nitrogens with zero attached hydrogens (tertiary/aromatic N) is 1. The average Bonchev–Trinajstić information content (AvgIpc) is 2.89. The van der Waals surface area contributed by atoms with Crippen molar-refractivity contribution in [2.45, 2.75) is 79.7 Å². The van der Waals surface area contributed by atoms with Crippen molar-refractivity contribution >= 4 is 29.4 Å². The third-order valence-corrected chi connectivity index (χ3v) is 6.92. The highest BCUT2D eigenvalue weighted by Crippen LogP contribution is 2.34. The SMILES string of the molecule is CCCN1C(=O)NC(c2ccc(NC(=O)Nc3c(C(C)C)cccc3C(C)C)cc2)C(C(=O)OCC(C)C)=C1C. The summed E-state index contributed by atoms with van der Waals surface area (Å²) in [7, 11) is 0. The number of esters is 1. The smallest absolute Gasteiger partial charge is 0.338 e. The molecule has 0 bridgehead atoms. The molecule has 1 aliphatic rings. The summed E-state index contributed by atoms with van der Waals surface area (Å²) in [5.74, 6) is 0.257. The van der Waals surface area contributed by atoms with Crippen molar-refractivity contribution in [3.05, 3.63) is 70.4 Å². The zero-order chi connectivity index (χ0) is 29.6. The Hall–Kier alpha value is -3.81. The quantitative estimate of drug-likeness (QED) is 0.267. The second-order valence-electron chi connectivity index (χ2n) is 11.3. The molecule has 0 saturated heterocycles. The normalized spacial score (nSPS) is 15.5. The van der Waals surface area contributed by atoms with Crippen LogP contribution in [0, 0.1) is 5.92 Å². The summed E-state index contributed by atoms with van der Waals surface area (Å²) < 4.78 is 5.57. The number of benzene rings is 2. The molecule has 8 heteroatoms. The van der Waals surface area contributed by atoms with Crippen LogP contribution in [0.1, 0.15) is 96.4 Å². The van der Waals surface area contributed by atoms with Crippen LogP contribution < -0.4 is 16.0 Å². The molecule has 1 aliphatic heterocycles. The lowest BCUT2D eigenvalue weighted by Gasteiger charge is -2.35. The maximum atomic E-state index is 13.2. The van der Waals surface area contributed by atoms with Gasteiger partial charge >= 0.3 is 18.0 Å². The first kappa shape index (κ1) is 30.7. The molecular weight excluding hydrogens is 504 g/mol. The molecule has 0 saturated carbocycles. The minimum absolute atomic E-state index is 0.189. The molecule has 1 heterocycles. The molecule has 40 heavy (non-hydrogen) atoms. The van der Waals surface area contributed by atoms with E-state index in [9.17, 15) is 14.4 Å². The van der Waals surface area contributed by atoms with E-state index >= 15 is 0 Å². The monoisotopic (exact) mass is 548 g/mol. The molecule has 2 aromatic rings. The predicted octanol–water partition coefficient (Wildman–Crippen LogP) is 7.53. The van der Waals surface area contributed by atoms with Crippen molar-refractivity contribution in [3.8, 4) is 0 Å². The number of amides is 4. The molecule has 0 aliphatic carbocycles. The molecule has 0 spiro atoms. The number of allylic oxidation sites excluding steroid dienone is 1. The summed E-state index contributed by atoms with van der Waals surface area (Å²) in [4.78, 5) is 40.7. The van der Waals surface area contributed by atoms with Crippen LogP contribution in [0.25, 0.3) is 0 Å². The van der Waals surface area contributed by atoms with Gasteiger partial charge in [-0.1, -0.05) is 78.8 Å². The number of anilines is 2. The fourth-order valence-electron chi connectivity index (χ4n) is 4.84. The number of carbonyl (C=O) groups excluding carboxylic acids is 3. The molecule has 3 N–H and O–H groups in total. The van der Waals surface area contributed by atoms with Crippen molar-refractivity contribution in [2.24, 2.45) is 5.92 Å². The molecule has 8 nitrogen and oxygen atoms in total. The van der Waals surface area contributed by atoms with Crippen molar-refractivity contribution in [1.29, 1.82) is 0 Å². The minimum atomic E-state index is -0.658. The van der Waals surface area contributed by atoms with Gasteiger partial charge < -0.3 is 20.7 Å². The highest BCUT2D eigenvalue weighted by atomic mass is 16.5. The van der Waals surface area contributed by atoms with Gasteiger partial charge in [-0.05, 0) is 59.9 Å². The summed E-state index contributed by atoms with van der Waals surface area (Å²) in [6.45, 7) is 16.9. The third kappa shape index (κ3) is 7.23. The Morgan fingerprint density at radius 2 is 1.55 bits per heavy atom. The van der Waals surface area contributed by atoms with Gasteiger partial charge in [0.05, 0.1) is 18.2 Å². The molecule has 216 valence electrons. The summed E-state index contributed by atoms with van der Waals surface area (Å²) in [6.07, 6.45) is 0.756. The van der Waals surface area contributed by atoms with Gasteiger partial charge in [-0.25, -0.2) is 14.4 Å². The van der Waals surface area contributed by atoms with Gasteiger partial charge in [0, 0.05) is 23.6 Å². The number of para-hydroxylation sites is 1. The zero-order valence-electron chi connectivity index (χ0n) is 25.1. The van der Waals surface area contributed by atoms with Crippen LogP contribution in [0.2, 0.25) is 0 Å². The highest BCUT2D eigenvalue weighted by molar-refractivity contribution is 6.01.